The Morgan fingerprint density at radius 1 is 0.259 bits per heavy atom. The van der Waals surface area contributed by atoms with Gasteiger partial charge in [0.25, 0.3) is 0 Å². The van der Waals surface area contributed by atoms with Gasteiger partial charge in [-0.1, -0.05) is 328 Å². The zero-order valence-corrected chi connectivity index (χ0v) is 60.4. The molecule has 1 unspecified atom stereocenters. The summed E-state index contributed by atoms with van der Waals surface area (Å²) in [6.07, 6.45) is 0. The SMILES string of the molecule is c1ccc(-c2ccc(-c3ccccc3N(c3ccc(-c4cccc5c4sc4ccccc45)cc3)c3ccc4c(c3)C3(c5ccccc5-4)c4ccccc4-n4c5ccccc5c5cccc3c54)cc2)cc1.c1ccc(-c2ccc(-c3ccccc3Nc3ccc(-c4cccc5c4sc4ccccc45)cc3)cc2)cc1. The summed E-state index contributed by atoms with van der Waals surface area (Å²) in [5.41, 5.74) is 31.0. The number of nitrogens with zero attached hydrogens (tertiary/aromatic N) is 2. The molecule has 1 spiro atoms. The summed E-state index contributed by atoms with van der Waals surface area (Å²) < 4.78 is 7.84. The first-order valence-corrected chi connectivity index (χ1v) is 38.7. The highest BCUT2D eigenvalue weighted by atomic mass is 32.1. The van der Waals surface area contributed by atoms with Gasteiger partial charge in [0.1, 0.15) is 0 Å². The van der Waals surface area contributed by atoms with Gasteiger partial charge in [-0.3, -0.25) is 0 Å². The summed E-state index contributed by atoms with van der Waals surface area (Å²) in [5, 5.41) is 11.5. The predicted octanol–water partition coefficient (Wildman–Crippen LogP) is 29.1. The number of thiophene rings is 2. The molecule has 20 aromatic rings. The summed E-state index contributed by atoms with van der Waals surface area (Å²) in [5.74, 6) is 0. The molecule has 0 saturated carbocycles. The molecule has 3 aromatic heterocycles. The number of benzene rings is 17. The largest absolute Gasteiger partial charge is 0.355 e. The molecule has 0 amide bonds. The third-order valence-corrected chi connectivity index (χ3v) is 24.8. The van der Waals surface area contributed by atoms with Crippen molar-refractivity contribution in [1.82, 2.24) is 4.57 Å². The number of nitrogens with one attached hydrogen (secondary N) is 1. The molecule has 5 heteroatoms. The number of hydrogen-bond donors (Lipinski definition) is 1. The van der Waals surface area contributed by atoms with Gasteiger partial charge in [-0.05, 0) is 162 Å². The van der Waals surface area contributed by atoms with E-state index in [4.69, 9.17) is 0 Å². The van der Waals surface area contributed by atoms with Crippen LogP contribution in [0.2, 0.25) is 0 Å². The van der Waals surface area contributed by atoms with E-state index < -0.39 is 5.41 Å². The Hall–Kier alpha value is -13.4. The zero-order valence-electron chi connectivity index (χ0n) is 58.8. The van der Waals surface area contributed by atoms with Crippen molar-refractivity contribution < 1.29 is 0 Å². The van der Waals surface area contributed by atoms with Crippen LogP contribution in [0.5, 0.6) is 0 Å². The molecule has 1 atom stereocenters. The normalized spacial score (nSPS) is 13.2. The molecule has 3 nitrogen and oxygen atoms in total. The van der Waals surface area contributed by atoms with Gasteiger partial charge < -0.3 is 14.8 Å². The van der Waals surface area contributed by atoms with Crippen LogP contribution in [-0.2, 0) is 5.41 Å². The second-order valence-corrected chi connectivity index (χ2v) is 30.3. The number of fused-ring (bicyclic) bond motifs is 18. The highest BCUT2D eigenvalue weighted by molar-refractivity contribution is 7.26. The van der Waals surface area contributed by atoms with E-state index in [0.29, 0.717) is 0 Å². The van der Waals surface area contributed by atoms with Gasteiger partial charge >= 0.3 is 0 Å². The summed E-state index contributed by atoms with van der Waals surface area (Å²) in [4.78, 5) is 2.49. The Labute approximate surface area is 635 Å². The molecule has 22 rings (SSSR count). The maximum Gasteiger partial charge on any atom is 0.0755 e. The Kier molecular flexibility index (Phi) is 15.2. The van der Waals surface area contributed by atoms with Crippen LogP contribution < -0.4 is 10.2 Å². The molecule has 4 heterocycles. The Balaban J connectivity index is 0.000000165. The van der Waals surface area contributed by atoms with Gasteiger partial charge in [-0.2, -0.15) is 0 Å². The minimum atomic E-state index is -0.576. The molecule has 1 aliphatic heterocycles. The van der Waals surface area contributed by atoms with Crippen LogP contribution in [0, 0.1) is 0 Å². The average molecular weight is 1410 g/mol. The van der Waals surface area contributed by atoms with E-state index in [1.165, 1.54) is 162 Å². The minimum absolute atomic E-state index is 0.576. The molecule has 0 radical (unpaired) electrons. The lowest BCUT2D eigenvalue weighted by Gasteiger charge is -2.40. The van der Waals surface area contributed by atoms with Gasteiger partial charge in [0.2, 0.25) is 0 Å². The quantitative estimate of drug-likeness (QED) is 0.139. The van der Waals surface area contributed by atoms with Gasteiger partial charge in [-0.15, -0.1) is 22.7 Å². The van der Waals surface area contributed by atoms with Gasteiger partial charge in [0.15, 0.2) is 0 Å². The fourth-order valence-corrected chi connectivity index (χ4v) is 19.9. The van der Waals surface area contributed by atoms with E-state index >= 15 is 0 Å². The summed E-state index contributed by atoms with van der Waals surface area (Å²) in [7, 11) is 0. The monoisotopic (exact) mass is 1410 g/mol. The fraction of sp³-hybridized carbons (Fsp3) is 0.00971. The number of hydrogen-bond acceptors (Lipinski definition) is 4. The van der Waals surface area contributed by atoms with Gasteiger partial charge in [0, 0.05) is 85.0 Å². The highest BCUT2D eigenvalue weighted by Gasteiger charge is 2.51. The molecule has 0 saturated heterocycles. The van der Waals surface area contributed by atoms with Gasteiger partial charge in [0.05, 0.1) is 27.8 Å². The molecule has 506 valence electrons. The van der Waals surface area contributed by atoms with E-state index in [1.54, 1.807) is 0 Å². The summed E-state index contributed by atoms with van der Waals surface area (Å²) in [6.45, 7) is 0. The van der Waals surface area contributed by atoms with E-state index in [2.05, 4.69) is 415 Å². The average Bonchev–Trinajstić information content (AvgIpc) is 1.48. The van der Waals surface area contributed by atoms with Crippen LogP contribution in [0.4, 0.5) is 28.4 Å². The van der Waals surface area contributed by atoms with Crippen molar-refractivity contribution in [3.05, 3.63) is 423 Å². The molecular formula is C103H67N3S2. The Morgan fingerprint density at radius 3 is 1.34 bits per heavy atom. The Bertz CT molecular complexity index is 6870. The topological polar surface area (TPSA) is 20.2 Å². The molecule has 108 heavy (non-hydrogen) atoms. The third kappa shape index (κ3) is 10.3. The van der Waals surface area contributed by atoms with Crippen LogP contribution in [-0.4, -0.2) is 4.57 Å². The van der Waals surface area contributed by atoms with Crippen molar-refractivity contribution in [2.75, 3.05) is 10.2 Å². The highest BCUT2D eigenvalue weighted by Crippen LogP contribution is 2.62. The van der Waals surface area contributed by atoms with Crippen molar-refractivity contribution in [1.29, 1.82) is 0 Å². The second kappa shape index (κ2) is 26.0. The van der Waals surface area contributed by atoms with Crippen molar-refractivity contribution in [2.24, 2.45) is 0 Å². The number of aromatic nitrogens is 1. The lowest BCUT2D eigenvalue weighted by atomic mass is 9.65. The van der Waals surface area contributed by atoms with Crippen molar-refractivity contribution in [2.45, 2.75) is 5.41 Å². The lowest BCUT2D eigenvalue weighted by molar-refractivity contribution is 0.748. The van der Waals surface area contributed by atoms with Crippen LogP contribution in [0.3, 0.4) is 0 Å². The third-order valence-electron chi connectivity index (χ3n) is 22.3. The molecule has 1 N–H and O–H groups in total. The fourth-order valence-electron chi connectivity index (χ4n) is 17.4. The predicted molar refractivity (Wildman–Crippen MR) is 461 cm³/mol. The standard InChI is InChI=1S/C67H42N2S.C36H25NS/c1-2-16-43(17-3-1)44-32-34-45(35-33-44)49-18-5-10-28-61(49)68(47-38-36-46(37-39-47)50-22-14-24-56-54-21-7-13-31-64(54)70-66(50)56)48-40-41-52-51-19-4-8-25-57(51)67(60(52)42-48)58-26-9-12-30-63(58)69-62-29-11-6-20-53(62)55-23-15-27-59(67)65(55)69;1-2-9-25(10-3-1)26-17-19-27(20-18-26)30-11-4-6-15-34(30)37-29-23-21-28(22-24-29)31-13-8-14-33-32-12-5-7-16-35(32)38-36(31)33/h1-42H;1-24,37H. The molecular weight excluding hydrogens is 1340 g/mol. The second-order valence-electron chi connectivity index (χ2n) is 28.2. The Morgan fingerprint density at radius 2 is 0.685 bits per heavy atom. The van der Waals surface area contributed by atoms with Crippen molar-refractivity contribution in [3.8, 4) is 83.6 Å². The number of anilines is 5. The van der Waals surface area contributed by atoms with Crippen LogP contribution in [0.15, 0.2) is 400 Å². The number of rotatable bonds is 11. The van der Waals surface area contributed by atoms with E-state index in [-0.39, 0.29) is 0 Å². The van der Waals surface area contributed by atoms with E-state index in [0.717, 1.165) is 34.0 Å². The molecule has 0 fully saturated rings. The van der Waals surface area contributed by atoms with Crippen LogP contribution in [0.1, 0.15) is 22.3 Å². The first-order valence-electron chi connectivity index (χ1n) is 37.0. The molecule has 0 bridgehead atoms. The maximum absolute atomic E-state index is 3.66. The summed E-state index contributed by atoms with van der Waals surface area (Å²) in [6, 6.07) is 147. The van der Waals surface area contributed by atoms with E-state index in [9.17, 15) is 0 Å². The molecule has 2 aliphatic rings. The number of para-hydroxylation sites is 5. The smallest absolute Gasteiger partial charge is 0.0755 e. The summed E-state index contributed by atoms with van der Waals surface area (Å²) >= 11 is 3.75. The first-order chi connectivity index (χ1) is 53.6. The minimum Gasteiger partial charge on any atom is -0.355 e. The molecule has 1 aliphatic carbocycles. The van der Waals surface area contributed by atoms with Crippen LogP contribution >= 0.6 is 22.7 Å². The van der Waals surface area contributed by atoms with Crippen molar-refractivity contribution in [3.63, 3.8) is 0 Å². The van der Waals surface area contributed by atoms with Gasteiger partial charge in [-0.25, -0.2) is 0 Å². The molecule has 17 aromatic carbocycles. The lowest BCUT2D eigenvalue weighted by Crippen LogP contribution is -2.33. The van der Waals surface area contributed by atoms with E-state index in [1.807, 2.05) is 22.7 Å². The maximum atomic E-state index is 3.66. The zero-order chi connectivity index (χ0) is 71.2. The first kappa shape index (κ1) is 63.1. The van der Waals surface area contributed by atoms with Crippen molar-refractivity contribution >= 4 is 113 Å². The van der Waals surface area contributed by atoms with Crippen LogP contribution in [0.25, 0.3) is 146 Å².